The van der Waals surface area contributed by atoms with Crippen LogP contribution in [0, 0.1) is 0 Å². The van der Waals surface area contributed by atoms with Crippen molar-refractivity contribution in [2.45, 2.75) is 45.6 Å². The molecule has 1 aromatic rings. The van der Waals surface area contributed by atoms with E-state index < -0.39 is 0 Å². The van der Waals surface area contributed by atoms with E-state index in [2.05, 4.69) is 49.5 Å². The lowest BCUT2D eigenvalue weighted by Gasteiger charge is -2.18. The highest BCUT2D eigenvalue weighted by molar-refractivity contribution is 5.15. The Morgan fingerprint density at radius 3 is 2.56 bits per heavy atom. The molecule has 0 saturated heterocycles. The molecule has 1 atom stereocenters. The molecule has 102 valence electrons. The molecule has 0 amide bonds. The molecule has 0 aromatic heterocycles. The van der Waals surface area contributed by atoms with Gasteiger partial charge in [-0.3, -0.25) is 0 Å². The van der Waals surface area contributed by atoms with E-state index in [4.69, 9.17) is 4.74 Å². The zero-order chi connectivity index (χ0) is 13.1. The van der Waals surface area contributed by atoms with Crippen molar-refractivity contribution in [2.75, 3.05) is 19.8 Å². The van der Waals surface area contributed by atoms with Gasteiger partial charge in [0.15, 0.2) is 0 Å². The second kappa shape index (κ2) is 10.1. The lowest BCUT2D eigenvalue weighted by Crippen LogP contribution is -2.32. The highest BCUT2D eigenvalue weighted by Crippen LogP contribution is 2.06. The molecule has 1 rings (SSSR count). The number of benzene rings is 1. The van der Waals surface area contributed by atoms with Crippen LogP contribution in [0.4, 0.5) is 0 Å². The Morgan fingerprint density at radius 2 is 1.89 bits per heavy atom. The van der Waals surface area contributed by atoms with Gasteiger partial charge < -0.3 is 10.1 Å². The molecule has 0 aliphatic heterocycles. The normalized spacial score (nSPS) is 12.6. The highest BCUT2D eigenvalue weighted by Gasteiger charge is 2.07. The maximum Gasteiger partial charge on any atom is 0.0480 e. The predicted octanol–water partition coefficient (Wildman–Crippen LogP) is 3.41. The summed E-state index contributed by atoms with van der Waals surface area (Å²) in [5.41, 5.74) is 1.40. The standard InChI is InChI=1S/C16H27NO/c1-3-5-12-18-13-11-16(17-4-2)14-15-9-7-6-8-10-15/h6-10,16-17H,3-5,11-14H2,1-2H3. The Morgan fingerprint density at radius 1 is 1.11 bits per heavy atom. The van der Waals surface area contributed by atoms with Crippen molar-refractivity contribution in [1.29, 1.82) is 0 Å². The van der Waals surface area contributed by atoms with Gasteiger partial charge in [-0.25, -0.2) is 0 Å². The molecule has 0 saturated carbocycles. The Bertz CT molecular complexity index is 286. The summed E-state index contributed by atoms with van der Waals surface area (Å²) in [4.78, 5) is 0. The number of hydrogen-bond acceptors (Lipinski definition) is 2. The fraction of sp³-hybridized carbons (Fsp3) is 0.625. The maximum atomic E-state index is 5.65. The smallest absolute Gasteiger partial charge is 0.0480 e. The van der Waals surface area contributed by atoms with E-state index >= 15 is 0 Å². The van der Waals surface area contributed by atoms with Crippen LogP contribution >= 0.6 is 0 Å². The van der Waals surface area contributed by atoms with Gasteiger partial charge in [-0.15, -0.1) is 0 Å². The van der Waals surface area contributed by atoms with Crippen molar-refractivity contribution in [1.82, 2.24) is 5.32 Å². The molecule has 1 N–H and O–H groups in total. The van der Waals surface area contributed by atoms with E-state index in [1.54, 1.807) is 0 Å². The first-order chi connectivity index (χ1) is 8.86. The topological polar surface area (TPSA) is 21.3 Å². The largest absolute Gasteiger partial charge is 0.381 e. The predicted molar refractivity (Wildman–Crippen MR) is 78.0 cm³/mol. The molecule has 1 unspecified atom stereocenters. The zero-order valence-corrected chi connectivity index (χ0v) is 11.8. The number of rotatable bonds is 10. The second-order valence-electron chi connectivity index (χ2n) is 4.70. The molecule has 0 spiro atoms. The zero-order valence-electron chi connectivity index (χ0n) is 11.8. The van der Waals surface area contributed by atoms with E-state index in [9.17, 15) is 0 Å². The van der Waals surface area contributed by atoms with Crippen LogP contribution in [0.25, 0.3) is 0 Å². The van der Waals surface area contributed by atoms with Gasteiger partial charge in [0.2, 0.25) is 0 Å². The number of likely N-dealkylation sites (N-methyl/N-ethyl adjacent to an activating group) is 1. The van der Waals surface area contributed by atoms with Crippen molar-refractivity contribution in [3.63, 3.8) is 0 Å². The van der Waals surface area contributed by atoms with Gasteiger partial charge in [-0.2, -0.15) is 0 Å². The minimum atomic E-state index is 0.527. The van der Waals surface area contributed by atoms with Gasteiger partial charge in [-0.1, -0.05) is 50.6 Å². The Hall–Kier alpha value is -0.860. The van der Waals surface area contributed by atoms with Crippen LogP contribution in [0.3, 0.4) is 0 Å². The summed E-state index contributed by atoms with van der Waals surface area (Å²) in [7, 11) is 0. The van der Waals surface area contributed by atoms with Crippen molar-refractivity contribution in [2.24, 2.45) is 0 Å². The quantitative estimate of drug-likeness (QED) is 0.642. The van der Waals surface area contributed by atoms with Gasteiger partial charge in [0, 0.05) is 19.3 Å². The molecule has 0 aliphatic rings. The first-order valence-corrected chi connectivity index (χ1v) is 7.21. The number of hydrogen-bond donors (Lipinski definition) is 1. The van der Waals surface area contributed by atoms with E-state index in [0.717, 1.165) is 32.6 Å². The van der Waals surface area contributed by atoms with Crippen LogP contribution < -0.4 is 5.32 Å². The molecule has 18 heavy (non-hydrogen) atoms. The average molecular weight is 249 g/mol. The van der Waals surface area contributed by atoms with E-state index in [0.29, 0.717) is 6.04 Å². The van der Waals surface area contributed by atoms with Gasteiger partial charge >= 0.3 is 0 Å². The van der Waals surface area contributed by atoms with Crippen LogP contribution in [0.5, 0.6) is 0 Å². The molecule has 2 heteroatoms. The average Bonchev–Trinajstić information content (AvgIpc) is 2.40. The summed E-state index contributed by atoms with van der Waals surface area (Å²) in [5.74, 6) is 0. The first-order valence-electron chi connectivity index (χ1n) is 7.21. The third kappa shape index (κ3) is 6.77. The molecular weight excluding hydrogens is 222 g/mol. The molecule has 0 aliphatic carbocycles. The summed E-state index contributed by atoms with van der Waals surface area (Å²) < 4.78 is 5.65. The number of ether oxygens (including phenoxy) is 1. The highest BCUT2D eigenvalue weighted by atomic mass is 16.5. The molecule has 0 heterocycles. The Kier molecular flexibility index (Phi) is 8.53. The summed E-state index contributed by atoms with van der Waals surface area (Å²) in [5, 5.41) is 3.54. The first kappa shape index (κ1) is 15.2. The monoisotopic (exact) mass is 249 g/mol. The van der Waals surface area contributed by atoms with Crippen molar-refractivity contribution in [3.05, 3.63) is 35.9 Å². The van der Waals surface area contributed by atoms with E-state index in [1.165, 1.54) is 18.4 Å². The van der Waals surface area contributed by atoms with Gasteiger partial charge in [0.05, 0.1) is 0 Å². The molecule has 1 aromatic carbocycles. The summed E-state index contributed by atoms with van der Waals surface area (Å²) in [6.07, 6.45) is 4.56. The van der Waals surface area contributed by atoms with Crippen LogP contribution in [-0.4, -0.2) is 25.8 Å². The molecule has 0 bridgehead atoms. The van der Waals surface area contributed by atoms with Crippen molar-refractivity contribution >= 4 is 0 Å². The molecule has 0 fully saturated rings. The van der Waals surface area contributed by atoms with Crippen molar-refractivity contribution in [3.8, 4) is 0 Å². The third-order valence-corrected chi connectivity index (χ3v) is 3.07. The van der Waals surface area contributed by atoms with E-state index in [-0.39, 0.29) is 0 Å². The lowest BCUT2D eigenvalue weighted by molar-refractivity contribution is 0.121. The number of unbranched alkanes of at least 4 members (excludes halogenated alkanes) is 1. The van der Waals surface area contributed by atoms with E-state index in [1.807, 2.05) is 0 Å². The summed E-state index contributed by atoms with van der Waals surface area (Å²) in [6, 6.07) is 11.2. The Balaban J connectivity index is 2.26. The van der Waals surface area contributed by atoms with Crippen LogP contribution in [0.1, 0.15) is 38.7 Å². The van der Waals surface area contributed by atoms with Gasteiger partial charge in [-0.05, 0) is 31.4 Å². The van der Waals surface area contributed by atoms with Crippen LogP contribution in [-0.2, 0) is 11.2 Å². The van der Waals surface area contributed by atoms with Crippen molar-refractivity contribution < 1.29 is 4.74 Å². The van der Waals surface area contributed by atoms with Crippen LogP contribution in [0.2, 0.25) is 0 Å². The number of nitrogens with one attached hydrogen (secondary N) is 1. The SMILES string of the molecule is CCCCOCCC(Cc1ccccc1)NCC. The molecular formula is C16H27NO. The van der Waals surface area contributed by atoms with Gasteiger partial charge in [0.25, 0.3) is 0 Å². The Labute approximate surface area is 112 Å². The fourth-order valence-corrected chi connectivity index (χ4v) is 2.04. The maximum absolute atomic E-state index is 5.65. The molecule has 0 radical (unpaired) electrons. The minimum absolute atomic E-state index is 0.527. The lowest BCUT2D eigenvalue weighted by atomic mass is 10.0. The minimum Gasteiger partial charge on any atom is -0.381 e. The molecule has 2 nitrogen and oxygen atoms in total. The summed E-state index contributed by atoms with van der Waals surface area (Å²) in [6.45, 7) is 7.15. The third-order valence-electron chi connectivity index (χ3n) is 3.07. The fourth-order valence-electron chi connectivity index (χ4n) is 2.04. The van der Waals surface area contributed by atoms with Gasteiger partial charge in [0.1, 0.15) is 0 Å². The second-order valence-corrected chi connectivity index (χ2v) is 4.70. The van der Waals surface area contributed by atoms with Crippen LogP contribution in [0.15, 0.2) is 30.3 Å². The summed E-state index contributed by atoms with van der Waals surface area (Å²) >= 11 is 0.